The van der Waals surface area contributed by atoms with E-state index in [1.807, 2.05) is 59.3 Å². The van der Waals surface area contributed by atoms with E-state index in [4.69, 9.17) is 19.9 Å². The third-order valence-electron chi connectivity index (χ3n) is 5.75. The van der Waals surface area contributed by atoms with E-state index in [9.17, 15) is 9.59 Å². The molecule has 0 saturated carbocycles. The Bertz CT molecular complexity index is 1010. The number of primary amides is 1. The number of hydrogen-bond acceptors (Lipinski definition) is 7. The van der Waals surface area contributed by atoms with Crippen molar-refractivity contribution in [1.82, 2.24) is 15.1 Å². The quantitative estimate of drug-likeness (QED) is 0.715. The summed E-state index contributed by atoms with van der Waals surface area (Å²) in [6.45, 7) is 2.28. The second kappa shape index (κ2) is 10.2. The Kier molecular flexibility index (Phi) is 7.12. The number of nitrogens with one attached hydrogen (secondary N) is 1. The average molecular weight is 455 g/mol. The molecule has 1 saturated heterocycles. The first-order valence-corrected chi connectivity index (χ1v) is 10.9. The molecular weight excluding hydrogens is 424 g/mol. The van der Waals surface area contributed by atoms with Crippen molar-refractivity contribution in [3.8, 4) is 17.2 Å². The van der Waals surface area contributed by atoms with E-state index < -0.39 is 5.91 Å². The molecule has 1 fully saturated rings. The van der Waals surface area contributed by atoms with Crippen LogP contribution in [0.5, 0.6) is 17.2 Å². The van der Waals surface area contributed by atoms with Crippen LogP contribution < -0.4 is 20.5 Å². The minimum absolute atomic E-state index is 0.101. The number of carbonyl (C=O) groups is 2. The summed E-state index contributed by atoms with van der Waals surface area (Å²) in [5.74, 6) is 1.41. The van der Waals surface area contributed by atoms with Crippen LogP contribution in [-0.4, -0.2) is 74.1 Å². The van der Waals surface area contributed by atoms with Crippen LogP contribution in [0.1, 0.15) is 11.1 Å². The molecule has 2 amide bonds. The molecule has 3 N–H and O–H groups in total. The summed E-state index contributed by atoms with van der Waals surface area (Å²) in [4.78, 5) is 28.0. The number of fused-ring (bicyclic) bond motifs is 5. The molecule has 0 radical (unpaired) electrons. The zero-order chi connectivity index (χ0) is 23.4. The normalized spacial score (nSPS) is 22.2. The van der Waals surface area contributed by atoms with Crippen LogP contribution in [0, 0.1) is 0 Å². The summed E-state index contributed by atoms with van der Waals surface area (Å²) in [6, 6.07) is 13.2. The maximum atomic E-state index is 12.8. The Morgan fingerprint density at radius 1 is 1.18 bits per heavy atom. The minimum atomic E-state index is -0.402. The van der Waals surface area contributed by atoms with Crippen molar-refractivity contribution in [2.24, 2.45) is 5.73 Å². The SMILES string of the molecule is COc1ccc2cc1Oc1cccc(c1)CO[C@H]1CN(CC(N)=O)C[C@@H]1NC(=O)CN(C)C2. The molecule has 2 heterocycles. The fourth-order valence-electron chi connectivity index (χ4n) is 4.30. The molecule has 0 aliphatic carbocycles. The molecule has 0 unspecified atom stereocenters. The van der Waals surface area contributed by atoms with Gasteiger partial charge in [-0.15, -0.1) is 0 Å². The smallest absolute Gasteiger partial charge is 0.234 e. The van der Waals surface area contributed by atoms with E-state index in [-0.39, 0.29) is 31.1 Å². The molecule has 33 heavy (non-hydrogen) atoms. The van der Waals surface area contributed by atoms with Gasteiger partial charge < -0.3 is 25.3 Å². The fraction of sp³-hybridized carbons (Fsp3) is 0.417. The molecule has 2 aromatic rings. The summed E-state index contributed by atoms with van der Waals surface area (Å²) in [5.41, 5.74) is 7.31. The highest BCUT2D eigenvalue weighted by Gasteiger charge is 2.35. The van der Waals surface area contributed by atoms with E-state index in [2.05, 4.69) is 5.32 Å². The number of nitrogens with two attached hydrogens (primary N) is 1. The number of methoxy groups -OCH3 is 1. The lowest BCUT2D eigenvalue weighted by Gasteiger charge is -2.23. The molecule has 4 rings (SSSR count). The predicted molar refractivity (Wildman–Crippen MR) is 122 cm³/mol. The van der Waals surface area contributed by atoms with E-state index in [1.165, 1.54) is 0 Å². The maximum absolute atomic E-state index is 12.8. The Balaban J connectivity index is 1.61. The number of likely N-dealkylation sites (N-methyl/N-ethyl adjacent to an activating group) is 1. The molecule has 2 atom stereocenters. The zero-order valence-electron chi connectivity index (χ0n) is 19.0. The van der Waals surface area contributed by atoms with E-state index in [1.54, 1.807) is 7.11 Å². The summed E-state index contributed by atoms with van der Waals surface area (Å²) in [7, 11) is 3.49. The molecule has 9 heteroatoms. The Morgan fingerprint density at radius 2 is 2.03 bits per heavy atom. The van der Waals surface area contributed by atoms with Gasteiger partial charge in [0.1, 0.15) is 5.75 Å². The van der Waals surface area contributed by atoms with Gasteiger partial charge in [-0.05, 0) is 42.4 Å². The van der Waals surface area contributed by atoms with Crippen molar-refractivity contribution in [3.05, 3.63) is 53.6 Å². The zero-order valence-corrected chi connectivity index (χ0v) is 19.0. The lowest BCUT2D eigenvalue weighted by atomic mass is 10.1. The van der Waals surface area contributed by atoms with Crippen LogP contribution in [0.15, 0.2) is 42.5 Å². The van der Waals surface area contributed by atoms with Gasteiger partial charge >= 0.3 is 0 Å². The molecule has 2 aliphatic rings. The van der Waals surface area contributed by atoms with Crippen LogP contribution in [0.4, 0.5) is 0 Å². The number of benzene rings is 2. The van der Waals surface area contributed by atoms with Gasteiger partial charge in [-0.3, -0.25) is 19.4 Å². The highest BCUT2D eigenvalue weighted by Crippen LogP contribution is 2.33. The van der Waals surface area contributed by atoms with Gasteiger partial charge in [0, 0.05) is 19.6 Å². The largest absolute Gasteiger partial charge is 0.493 e. The molecule has 4 bridgehead atoms. The summed E-state index contributed by atoms with van der Waals surface area (Å²) in [5, 5.41) is 3.08. The van der Waals surface area contributed by atoms with Crippen molar-refractivity contribution in [3.63, 3.8) is 0 Å². The average Bonchev–Trinajstić information content (AvgIpc) is 3.12. The maximum Gasteiger partial charge on any atom is 0.234 e. The van der Waals surface area contributed by atoms with E-state index in [0.717, 1.165) is 11.1 Å². The van der Waals surface area contributed by atoms with Crippen molar-refractivity contribution in [2.45, 2.75) is 25.3 Å². The van der Waals surface area contributed by atoms with Gasteiger partial charge in [0.25, 0.3) is 0 Å². The number of nitrogens with zero attached hydrogens (tertiary/aromatic N) is 2. The minimum Gasteiger partial charge on any atom is -0.493 e. The monoisotopic (exact) mass is 454 g/mol. The summed E-state index contributed by atoms with van der Waals surface area (Å²) < 4.78 is 17.8. The second-order valence-corrected chi connectivity index (χ2v) is 8.59. The van der Waals surface area contributed by atoms with Crippen LogP contribution in [0.2, 0.25) is 0 Å². The van der Waals surface area contributed by atoms with E-state index in [0.29, 0.717) is 43.5 Å². The number of amides is 2. The number of likely N-dealkylation sites (tertiary alicyclic amines) is 1. The fourth-order valence-corrected chi connectivity index (χ4v) is 4.30. The number of ether oxygens (including phenoxy) is 3. The lowest BCUT2D eigenvalue weighted by molar-refractivity contribution is -0.123. The van der Waals surface area contributed by atoms with Crippen LogP contribution in [0.25, 0.3) is 0 Å². The Hall–Kier alpha value is -3.14. The van der Waals surface area contributed by atoms with Crippen molar-refractivity contribution < 1.29 is 23.8 Å². The first kappa shape index (κ1) is 23.0. The Labute approximate surface area is 193 Å². The van der Waals surface area contributed by atoms with Gasteiger partial charge in [0.05, 0.1) is 39.0 Å². The van der Waals surface area contributed by atoms with Crippen molar-refractivity contribution >= 4 is 11.8 Å². The summed E-state index contributed by atoms with van der Waals surface area (Å²) >= 11 is 0. The lowest BCUT2D eigenvalue weighted by Crippen LogP contribution is -2.47. The number of carbonyl (C=O) groups excluding carboxylic acids is 2. The number of rotatable bonds is 3. The molecule has 0 spiro atoms. The molecule has 2 aromatic carbocycles. The second-order valence-electron chi connectivity index (χ2n) is 8.59. The molecule has 0 aromatic heterocycles. The molecular formula is C24H30N4O5. The topological polar surface area (TPSA) is 106 Å². The van der Waals surface area contributed by atoms with Gasteiger partial charge in [0.15, 0.2) is 11.5 Å². The van der Waals surface area contributed by atoms with Crippen LogP contribution >= 0.6 is 0 Å². The first-order valence-electron chi connectivity index (χ1n) is 10.9. The number of hydrogen-bond donors (Lipinski definition) is 2. The van der Waals surface area contributed by atoms with Gasteiger partial charge in [-0.2, -0.15) is 0 Å². The van der Waals surface area contributed by atoms with E-state index >= 15 is 0 Å². The summed E-state index contributed by atoms with van der Waals surface area (Å²) in [6.07, 6.45) is -0.260. The van der Waals surface area contributed by atoms with Crippen LogP contribution in [-0.2, 0) is 27.5 Å². The van der Waals surface area contributed by atoms with Crippen molar-refractivity contribution in [1.29, 1.82) is 0 Å². The Morgan fingerprint density at radius 3 is 2.82 bits per heavy atom. The third kappa shape index (κ3) is 6.01. The van der Waals surface area contributed by atoms with Gasteiger partial charge in [0.2, 0.25) is 11.8 Å². The predicted octanol–water partition coefficient (Wildman–Crippen LogP) is 1.10. The first-order chi connectivity index (χ1) is 15.9. The third-order valence-corrected chi connectivity index (χ3v) is 5.75. The molecule has 176 valence electrons. The van der Waals surface area contributed by atoms with Crippen molar-refractivity contribution in [2.75, 3.05) is 40.3 Å². The molecule has 9 nitrogen and oxygen atoms in total. The highest BCUT2D eigenvalue weighted by molar-refractivity contribution is 5.78. The highest BCUT2D eigenvalue weighted by atomic mass is 16.5. The van der Waals surface area contributed by atoms with Crippen LogP contribution in [0.3, 0.4) is 0 Å². The van der Waals surface area contributed by atoms with Gasteiger partial charge in [-0.1, -0.05) is 18.2 Å². The van der Waals surface area contributed by atoms with Gasteiger partial charge in [-0.25, -0.2) is 0 Å². The molecule has 2 aliphatic heterocycles. The standard InChI is InChI=1S/C24H30N4O5/c1-27-10-16-6-7-20(31-2)21(9-16)33-18-5-3-4-17(8-18)15-32-22-12-28(13-23(25)29)11-19(22)26-24(30)14-27/h3-9,19,22H,10-15H2,1-2H3,(H2,25,29)(H,26,30)/t19-,22-/m0/s1.